The average molecular weight is 771 g/mol. The lowest BCUT2D eigenvalue weighted by molar-refractivity contribution is 0.116. The van der Waals surface area contributed by atoms with Crippen molar-refractivity contribution < 1.29 is 32.8 Å². The van der Waals surface area contributed by atoms with Crippen LogP contribution in [-0.4, -0.2) is 132 Å². The number of ether oxygens (including phenoxy) is 6. The lowest BCUT2D eigenvalue weighted by atomic mass is 10.1. The van der Waals surface area contributed by atoms with Gasteiger partial charge in [-0.25, -0.2) is 4.39 Å². The molecule has 2 saturated heterocycles. The number of fused-ring (bicyclic) bond motifs is 1. The Hall–Kier alpha value is -4.55. The predicted molar refractivity (Wildman–Crippen MR) is 218 cm³/mol. The molecule has 0 amide bonds. The van der Waals surface area contributed by atoms with Gasteiger partial charge in [0, 0.05) is 65.4 Å². The Morgan fingerprint density at radius 3 is 1.59 bits per heavy atom. The maximum absolute atomic E-state index is 12.9. The molecule has 0 unspecified atom stereocenters. The molecule has 2 fully saturated rings. The topological polar surface area (TPSA) is 68.3 Å². The molecule has 0 saturated carbocycles. The van der Waals surface area contributed by atoms with E-state index in [0.29, 0.717) is 13.4 Å². The maximum atomic E-state index is 12.9. The molecule has 0 bridgehead atoms. The number of hydrogen-bond acceptors (Lipinski definition) is 10. The average Bonchev–Trinajstić information content (AvgIpc) is 3.72. The fourth-order valence-electron chi connectivity index (χ4n) is 7.25. The van der Waals surface area contributed by atoms with Crippen LogP contribution in [0, 0.1) is 5.82 Å². The number of para-hydroxylation sites is 1. The van der Waals surface area contributed by atoms with Crippen molar-refractivity contribution in [3.8, 4) is 34.5 Å². The summed E-state index contributed by atoms with van der Waals surface area (Å²) in [5.74, 6) is 4.77. The zero-order chi connectivity index (χ0) is 38.8. The molecule has 0 atom stereocenters. The first-order valence-corrected chi connectivity index (χ1v) is 20.1. The Kier molecular flexibility index (Phi) is 16.3. The highest BCUT2D eigenvalue weighted by molar-refractivity contribution is 5.44. The van der Waals surface area contributed by atoms with E-state index in [0.717, 1.165) is 139 Å². The SMILES string of the molecule is COc1ccc(CCCN2CCN(CCOc3ccc(F)cc3)CC2)cc1OC.c1ccc(OCCN2CCN(CCCc3ccc4c(c3)OCO4)CC2)cc1. The Morgan fingerprint density at radius 2 is 1.02 bits per heavy atom. The smallest absolute Gasteiger partial charge is 0.231 e. The fourth-order valence-corrected chi connectivity index (χ4v) is 7.25. The number of hydrogen-bond donors (Lipinski definition) is 0. The van der Waals surface area contributed by atoms with Crippen LogP contribution in [0.4, 0.5) is 4.39 Å². The molecule has 11 heteroatoms. The third-order valence-electron chi connectivity index (χ3n) is 10.6. The van der Waals surface area contributed by atoms with E-state index in [2.05, 4.69) is 43.9 Å². The first kappa shape index (κ1) is 41.1. The van der Waals surface area contributed by atoms with Crippen LogP contribution in [-0.2, 0) is 12.8 Å². The largest absolute Gasteiger partial charge is 0.493 e. The van der Waals surface area contributed by atoms with Gasteiger partial charge in [-0.2, -0.15) is 0 Å². The molecule has 10 nitrogen and oxygen atoms in total. The summed E-state index contributed by atoms with van der Waals surface area (Å²) in [6.45, 7) is 14.7. The Morgan fingerprint density at radius 1 is 0.518 bits per heavy atom. The molecular formula is C45H59FN4O6. The summed E-state index contributed by atoms with van der Waals surface area (Å²) in [5, 5.41) is 0. The van der Waals surface area contributed by atoms with Gasteiger partial charge in [-0.3, -0.25) is 9.80 Å². The number of halogens is 1. The lowest BCUT2D eigenvalue weighted by Gasteiger charge is -2.34. The molecule has 4 aromatic carbocycles. The molecule has 0 N–H and O–H groups in total. The van der Waals surface area contributed by atoms with Gasteiger partial charge in [0.1, 0.15) is 30.5 Å². The van der Waals surface area contributed by atoms with Crippen LogP contribution >= 0.6 is 0 Å². The van der Waals surface area contributed by atoms with Crippen molar-refractivity contribution in [2.45, 2.75) is 25.7 Å². The Balaban J connectivity index is 0.000000190. The molecule has 3 aliphatic rings. The normalized spacial score (nSPS) is 16.2. The van der Waals surface area contributed by atoms with Crippen molar-refractivity contribution in [2.75, 3.05) is 113 Å². The van der Waals surface area contributed by atoms with Crippen molar-refractivity contribution in [1.82, 2.24) is 19.6 Å². The van der Waals surface area contributed by atoms with E-state index in [9.17, 15) is 4.39 Å². The van der Waals surface area contributed by atoms with Crippen molar-refractivity contribution in [2.24, 2.45) is 0 Å². The highest BCUT2D eigenvalue weighted by atomic mass is 19.1. The third-order valence-corrected chi connectivity index (χ3v) is 10.6. The van der Waals surface area contributed by atoms with Gasteiger partial charge in [-0.15, -0.1) is 0 Å². The van der Waals surface area contributed by atoms with Gasteiger partial charge in [0.15, 0.2) is 23.0 Å². The quantitative estimate of drug-likeness (QED) is 0.112. The van der Waals surface area contributed by atoms with Crippen molar-refractivity contribution >= 4 is 0 Å². The Labute approximate surface area is 332 Å². The number of benzene rings is 4. The Bertz CT molecular complexity index is 1720. The van der Waals surface area contributed by atoms with Gasteiger partial charge in [0.25, 0.3) is 0 Å². The van der Waals surface area contributed by atoms with Crippen LogP contribution < -0.4 is 28.4 Å². The summed E-state index contributed by atoms with van der Waals surface area (Å²) < 4.78 is 45.9. The molecular weight excluding hydrogens is 712 g/mol. The van der Waals surface area contributed by atoms with Gasteiger partial charge in [-0.1, -0.05) is 30.3 Å². The van der Waals surface area contributed by atoms with Crippen molar-refractivity contribution in [3.05, 3.63) is 108 Å². The van der Waals surface area contributed by atoms with Crippen LogP contribution in [0.3, 0.4) is 0 Å². The second-order valence-corrected chi connectivity index (χ2v) is 14.4. The summed E-state index contributed by atoms with van der Waals surface area (Å²) in [7, 11) is 3.33. The molecule has 0 spiro atoms. The van der Waals surface area contributed by atoms with E-state index >= 15 is 0 Å². The number of methoxy groups -OCH3 is 2. The number of aryl methyl sites for hydroxylation is 2. The molecule has 4 aromatic rings. The third kappa shape index (κ3) is 13.3. The van der Waals surface area contributed by atoms with E-state index < -0.39 is 0 Å². The van der Waals surface area contributed by atoms with Gasteiger partial charge < -0.3 is 38.2 Å². The van der Waals surface area contributed by atoms with E-state index in [1.807, 2.05) is 42.5 Å². The highest BCUT2D eigenvalue weighted by Crippen LogP contribution is 2.33. The summed E-state index contributed by atoms with van der Waals surface area (Å²) >= 11 is 0. The van der Waals surface area contributed by atoms with Gasteiger partial charge in [0.2, 0.25) is 6.79 Å². The molecule has 302 valence electrons. The standard InChI is InChI=1S/C23H31FN2O3.C22H28N2O3/c1-27-22-10-5-19(18-23(22)28-2)4-3-11-25-12-14-26(15-13-25)16-17-29-21-8-6-20(24)7-9-21;1-2-6-20(7-3-1)25-16-15-24-13-11-23(12-14-24)10-4-5-19-8-9-21-22(17-19)27-18-26-21/h5-10,18H,3-4,11-17H2,1-2H3;1-3,6-9,17H,4-5,10-16,18H2. The lowest BCUT2D eigenvalue weighted by Crippen LogP contribution is -2.47. The fraction of sp³-hybridized carbons (Fsp3) is 0.467. The van der Waals surface area contributed by atoms with Crippen LogP contribution in [0.5, 0.6) is 34.5 Å². The summed E-state index contributed by atoms with van der Waals surface area (Å²) in [6.07, 6.45) is 4.42. The van der Waals surface area contributed by atoms with Gasteiger partial charge in [-0.05, 0) is 111 Å². The van der Waals surface area contributed by atoms with Crippen molar-refractivity contribution in [1.29, 1.82) is 0 Å². The van der Waals surface area contributed by atoms with Crippen molar-refractivity contribution in [3.63, 3.8) is 0 Å². The minimum absolute atomic E-state index is 0.236. The second kappa shape index (κ2) is 22.3. The molecule has 0 radical (unpaired) electrons. The summed E-state index contributed by atoms with van der Waals surface area (Å²) in [5.41, 5.74) is 2.61. The van der Waals surface area contributed by atoms with E-state index in [4.69, 9.17) is 28.4 Å². The zero-order valence-corrected chi connectivity index (χ0v) is 33.2. The van der Waals surface area contributed by atoms with E-state index in [1.54, 1.807) is 26.4 Å². The summed E-state index contributed by atoms with van der Waals surface area (Å²) in [4.78, 5) is 10.0. The molecule has 7 rings (SSSR count). The minimum atomic E-state index is -0.236. The predicted octanol–water partition coefficient (Wildman–Crippen LogP) is 6.52. The second-order valence-electron chi connectivity index (χ2n) is 14.4. The van der Waals surface area contributed by atoms with Crippen LogP contribution in [0.1, 0.15) is 24.0 Å². The van der Waals surface area contributed by atoms with Crippen LogP contribution in [0.15, 0.2) is 91.0 Å². The number of piperazine rings is 2. The molecule has 56 heavy (non-hydrogen) atoms. The monoisotopic (exact) mass is 770 g/mol. The maximum Gasteiger partial charge on any atom is 0.231 e. The minimum Gasteiger partial charge on any atom is -0.493 e. The number of nitrogens with zero attached hydrogens (tertiary/aromatic N) is 4. The number of rotatable bonds is 18. The molecule has 0 aromatic heterocycles. The first-order chi connectivity index (χ1) is 27.5. The van der Waals surface area contributed by atoms with E-state index in [1.165, 1.54) is 29.7 Å². The van der Waals surface area contributed by atoms with E-state index in [-0.39, 0.29) is 5.82 Å². The molecule has 0 aliphatic carbocycles. The van der Waals surface area contributed by atoms with Gasteiger partial charge in [0.05, 0.1) is 14.2 Å². The molecule has 3 heterocycles. The molecule has 3 aliphatic heterocycles. The van der Waals surface area contributed by atoms with Gasteiger partial charge >= 0.3 is 0 Å². The van der Waals surface area contributed by atoms with Crippen LogP contribution in [0.25, 0.3) is 0 Å². The summed E-state index contributed by atoms with van der Waals surface area (Å²) in [6, 6.07) is 28.7. The highest BCUT2D eigenvalue weighted by Gasteiger charge is 2.18. The zero-order valence-electron chi connectivity index (χ0n) is 33.2. The first-order valence-electron chi connectivity index (χ1n) is 20.1. The van der Waals surface area contributed by atoms with Crippen LogP contribution in [0.2, 0.25) is 0 Å².